The number of imidazole rings is 1. The summed E-state index contributed by atoms with van der Waals surface area (Å²) in [5, 5.41) is 10.8. The largest absolute Gasteiger partial charge is 0.390 e. The number of likely N-dealkylation sites (tertiary alicyclic amines) is 1. The van der Waals surface area contributed by atoms with Crippen LogP contribution in [0.2, 0.25) is 5.02 Å². The minimum Gasteiger partial charge on any atom is -0.390 e. The molecule has 0 radical (unpaired) electrons. The molecular formula is C18H22ClN3O2S. The SMILES string of the molecule is O=C(CSc1nc(CO)cn1Cc1ccc(Cl)cc1)N1CCCCC1. The van der Waals surface area contributed by atoms with E-state index in [0.29, 0.717) is 23.0 Å². The number of piperidine rings is 1. The highest BCUT2D eigenvalue weighted by Gasteiger charge is 2.18. The molecule has 3 rings (SSSR count). The van der Waals surface area contributed by atoms with Crippen molar-refractivity contribution in [1.29, 1.82) is 0 Å². The summed E-state index contributed by atoms with van der Waals surface area (Å²) in [5.41, 5.74) is 1.71. The molecule has 0 spiro atoms. The van der Waals surface area contributed by atoms with Gasteiger partial charge in [-0.15, -0.1) is 0 Å². The Morgan fingerprint density at radius 2 is 1.92 bits per heavy atom. The first-order chi connectivity index (χ1) is 12.2. The molecule has 1 aromatic carbocycles. The first-order valence-corrected chi connectivity index (χ1v) is 9.84. The highest BCUT2D eigenvalue weighted by Crippen LogP contribution is 2.21. The number of aromatic nitrogens is 2. The van der Waals surface area contributed by atoms with Crippen molar-refractivity contribution in [2.45, 2.75) is 37.6 Å². The fraction of sp³-hybridized carbons (Fsp3) is 0.444. The Morgan fingerprint density at radius 1 is 1.20 bits per heavy atom. The van der Waals surface area contributed by atoms with Crippen molar-refractivity contribution < 1.29 is 9.90 Å². The van der Waals surface area contributed by atoms with Crippen molar-refractivity contribution in [2.24, 2.45) is 0 Å². The fourth-order valence-electron chi connectivity index (χ4n) is 2.90. The summed E-state index contributed by atoms with van der Waals surface area (Å²) in [5.74, 6) is 0.541. The van der Waals surface area contributed by atoms with Crippen LogP contribution in [-0.2, 0) is 17.9 Å². The number of benzene rings is 1. The molecule has 1 aliphatic heterocycles. The average Bonchev–Trinajstić information content (AvgIpc) is 3.04. The van der Waals surface area contributed by atoms with E-state index in [9.17, 15) is 9.90 Å². The molecule has 25 heavy (non-hydrogen) atoms. The van der Waals surface area contributed by atoms with Gasteiger partial charge in [0, 0.05) is 30.9 Å². The van der Waals surface area contributed by atoms with Crippen molar-refractivity contribution in [3.8, 4) is 0 Å². The van der Waals surface area contributed by atoms with Crippen molar-refractivity contribution >= 4 is 29.3 Å². The third kappa shape index (κ3) is 5.00. The van der Waals surface area contributed by atoms with E-state index < -0.39 is 0 Å². The van der Waals surface area contributed by atoms with E-state index in [1.54, 1.807) is 0 Å². The van der Waals surface area contributed by atoms with Gasteiger partial charge in [-0.05, 0) is 37.0 Å². The summed E-state index contributed by atoms with van der Waals surface area (Å²) in [7, 11) is 0. The maximum Gasteiger partial charge on any atom is 0.233 e. The number of thioether (sulfide) groups is 1. The van der Waals surface area contributed by atoms with Gasteiger partial charge in [-0.3, -0.25) is 4.79 Å². The number of aliphatic hydroxyl groups excluding tert-OH is 1. The van der Waals surface area contributed by atoms with Crippen LogP contribution in [0.15, 0.2) is 35.6 Å². The van der Waals surface area contributed by atoms with Crippen LogP contribution in [0.3, 0.4) is 0 Å². The van der Waals surface area contributed by atoms with E-state index in [4.69, 9.17) is 11.6 Å². The van der Waals surface area contributed by atoms with Crippen LogP contribution in [0.25, 0.3) is 0 Å². The summed E-state index contributed by atoms with van der Waals surface area (Å²) in [6.45, 7) is 2.24. The van der Waals surface area contributed by atoms with Crippen molar-refractivity contribution in [3.05, 3.63) is 46.7 Å². The second kappa shape index (κ2) is 8.74. The molecule has 0 saturated carbocycles. The van der Waals surface area contributed by atoms with Gasteiger partial charge in [-0.25, -0.2) is 4.98 Å². The van der Waals surface area contributed by atoms with Gasteiger partial charge >= 0.3 is 0 Å². The Morgan fingerprint density at radius 3 is 2.60 bits per heavy atom. The Balaban J connectivity index is 1.66. The smallest absolute Gasteiger partial charge is 0.233 e. The Bertz CT molecular complexity index is 712. The van der Waals surface area contributed by atoms with Gasteiger partial charge in [-0.1, -0.05) is 35.5 Å². The highest BCUT2D eigenvalue weighted by atomic mass is 35.5. The summed E-state index contributed by atoms with van der Waals surface area (Å²) in [4.78, 5) is 18.7. The van der Waals surface area contributed by atoms with Crippen LogP contribution >= 0.6 is 23.4 Å². The van der Waals surface area contributed by atoms with Gasteiger partial charge in [0.2, 0.25) is 5.91 Å². The van der Waals surface area contributed by atoms with Crippen molar-refractivity contribution in [2.75, 3.05) is 18.8 Å². The monoisotopic (exact) mass is 379 g/mol. The Hall–Kier alpha value is -1.50. The molecule has 5 nitrogen and oxygen atoms in total. The maximum absolute atomic E-state index is 12.4. The molecule has 0 aliphatic carbocycles. The molecular weight excluding hydrogens is 358 g/mol. The molecule has 0 bridgehead atoms. The summed E-state index contributed by atoms with van der Waals surface area (Å²) >= 11 is 7.36. The summed E-state index contributed by atoms with van der Waals surface area (Å²) < 4.78 is 1.98. The number of nitrogens with zero attached hydrogens (tertiary/aromatic N) is 3. The van der Waals surface area contributed by atoms with Gasteiger partial charge in [0.25, 0.3) is 0 Å². The van der Waals surface area contributed by atoms with E-state index in [0.717, 1.165) is 36.7 Å². The molecule has 2 heterocycles. The molecule has 1 aromatic heterocycles. The minimum absolute atomic E-state index is 0.110. The number of rotatable bonds is 6. The molecule has 7 heteroatoms. The second-order valence-electron chi connectivity index (χ2n) is 6.16. The predicted octanol–water partition coefficient (Wildman–Crippen LogP) is 3.18. The van der Waals surface area contributed by atoms with Gasteiger partial charge in [0.05, 0.1) is 18.1 Å². The normalized spacial score (nSPS) is 14.7. The maximum atomic E-state index is 12.4. The van der Waals surface area contributed by atoms with Crippen LogP contribution in [0, 0.1) is 0 Å². The summed E-state index contributed by atoms with van der Waals surface area (Å²) in [6, 6.07) is 7.64. The molecule has 134 valence electrons. The number of hydrogen-bond donors (Lipinski definition) is 1. The number of hydrogen-bond acceptors (Lipinski definition) is 4. The van der Waals surface area contributed by atoms with Crippen molar-refractivity contribution in [1.82, 2.24) is 14.5 Å². The van der Waals surface area contributed by atoms with Crippen molar-refractivity contribution in [3.63, 3.8) is 0 Å². The van der Waals surface area contributed by atoms with E-state index in [-0.39, 0.29) is 12.5 Å². The second-order valence-corrected chi connectivity index (χ2v) is 7.54. The van der Waals surface area contributed by atoms with Crippen LogP contribution in [0.4, 0.5) is 0 Å². The Labute approximate surface area is 157 Å². The lowest BCUT2D eigenvalue weighted by molar-refractivity contribution is -0.129. The van der Waals surface area contributed by atoms with Crippen LogP contribution in [0.5, 0.6) is 0 Å². The highest BCUT2D eigenvalue weighted by molar-refractivity contribution is 7.99. The number of aliphatic hydroxyl groups is 1. The first-order valence-electron chi connectivity index (χ1n) is 8.47. The van der Waals surface area contributed by atoms with Gasteiger partial charge < -0.3 is 14.6 Å². The van der Waals surface area contributed by atoms with E-state index in [2.05, 4.69) is 4.98 Å². The zero-order valence-electron chi connectivity index (χ0n) is 14.0. The minimum atomic E-state index is -0.110. The third-order valence-corrected chi connectivity index (χ3v) is 5.48. The fourth-order valence-corrected chi connectivity index (χ4v) is 3.93. The van der Waals surface area contributed by atoms with Crippen LogP contribution < -0.4 is 0 Å². The quantitative estimate of drug-likeness (QED) is 0.783. The molecule has 0 atom stereocenters. The number of halogens is 1. The lowest BCUT2D eigenvalue weighted by Gasteiger charge is -2.26. The van der Waals surface area contributed by atoms with Crippen LogP contribution in [0.1, 0.15) is 30.5 Å². The average molecular weight is 380 g/mol. The Kier molecular flexibility index (Phi) is 6.39. The lowest BCUT2D eigenvalue weighted by atomic mass is 10.1. The van der Waals surface area contributed by atoms with Gasteiger partial charge in [0.1, 0.15) is 0 Å². The zero-order valence-corrected chi connectivity index (χ0v) is 15.6. The van der Waals surface area contributed by atoms with E-state index >= 15 is 0 Å². The summed E-state index contributed by atoms with van der Waals surface area (Å²) in [6.07, 6.45) is 5.23. The first kappa shape index (κ1) is 18.3. The number of carbonyl (C=O) groups excluding carboxylic acids is 1. The lowest BCUT2D eigenvalue weighted by Crippen LogP contribution is -2.36. The number of carbonyl (C=O) groups is 1. The zero-order chi connectivity index (χ0) is 17.6. The molecule has 1 aliphatic rings. The molecule has 1 fully saturated rings. The molecule has 1 N–H and O–H groups in total. The molecule has 1 saturated heterocycles. The topological polar surface area (TPSA) is 58.4 Å². The van der Waals surface area contributed by atoms with Gasteiger partial charge in [-0.2, -0.15) is 0 Å². The molecule has 0 unspecified atom stereocenters. The van der Waals surface area contributed by atoms with Gasteiger partial charge in [0.15, 0.2) is 5.16 Å². The van der Waals surface area contributed by atoms with Crippen LogP contribution in [-0.4, -0.2) is 44.3 Å². The molecule has 2 aromatic rings. The number of amides is 1. The van der Waals surface area contributed by atoms with E-state index in [1.807, 2.05) is 39.9 Å². The standard InChI is InChI=1S/C18H22ClN3O2S/c19-15-6-4-14(5-7-15)10-22-11-16(12-23)20-18(22)25-13-17(24)21-8-2-1-3-9-21/h4-7,11,23H,1-3,8-10,12-13H2. The predicted molar refractivity (Wildman–Crippen MR) is 99.9 cm³/mol. The third-order valence-electron chi connectivity index (χ3n) is 4.25. The molecule has 1 amide bonds. The van der Waals surface area contributed by atoms with E-state index in [1.165, 1.54) is 18.2 Å².